The molecule has 0 aromatic heterocycles. The molecule has 1 heterocycles. The molecule has 2 aliphatic rings. The van der Waals surface area contributed by atoms with Crippen LogP contribution in [0.5, 0.6) is 0 Å². The van der Waals surface area contributed by atoms with Crippen LogP contribution < -0.4 is 5.43 Å². The van der Waals surface area contributed by atoms with Crippen LogP contribution in [0.2, 0.25) is 0 Å². The van der Waals surface area contributed by atoms with E-state index in [0.717, 1.165) is 18.0 Å². The summed E-state index contributed by atoms with van der Waals surface area (Å²) in [5.41, 5.74) is 3.18. The van der Waals surface area contributed by atoms with Crippen molar-refractivity contribution in [3.8, 4) is 0 Å². The van der Waals surface area contributed by atoms with Crippen LogP contribution in [0, 0.1) is 11.6 Å². The van der Waals surface area contributed by atoms with Crippen molar-refractivity contribution >= 4 is 22.6 Å². The van der Waals surface area contributed by atoms with Gasteiger partial charge in [0.1, 0.15) is 11.6 Å². The summed E-state index contributed by atoms with van der Waals surface area (Å²) in [5, 5.41) is 4.86. The topological polar surface area (TPSA) is 36.8 Å². The normalized spacial score (nSPS) is 22.0. The van der Waals surface area contributed by atoms with Gasteiger partial charge in [-0.15, -0.1) is 0 Å². The second kappa shape index (κ2) is 6.56. The number of halogens is 2. The summed E-state index contributed by atoms with van der Waals surface area (Å²) < 4.78 is 27.4. The van der Waals surface area contributed by atoms with Crippen LogP contribution in [0.25, 0.3) is 0 Å². The second-order valence-electron chi connectivity index (χ2n) is 5.28. The van der Waals surface area contributed by atoms with E-state index in [1.165, 1.54) is 49.2 Å². The van der Waals surface area contributed by atoms with Crippen molar-refractivity contribution in [1.82, 2.24) is 5.43 Å². The van der Waals surface area contributed by atoms with E-state index >= 15 is 0 Å². The molecule has 0 spiro atoms. The Morgan fingerprint density at radius 2 is 1.86 bits per heavy atom. The molecule has 1 aromatic carbocycles. The molecule has 1 aliphatic carbocycles. The van der Waals surface area contributed by atoms with Gasteiger partial charge in [-0.3, -0.25) is 10.4 Å². The van der Waals surface area contributed by atoms with E-state index in [2.05, 4.69) is 15.5 Å². The molecule has 0 atom stereocenters. The summed E-state index contributed by atoms with van der Waals surface area (Å²) in [6.07, 6.45) is 5.97. The van der Waals surface area contributed by atoms with E-state index in [0.29, 0.717) is 17.5 Å². The van der Waals surface area contributed by atoms with Gasteiger partial charge < -0.3 is 0 Å². The number of aliphatic imine (C=N–C) groups is 1. The Labute approximate surface area is 126 Å². The first-order valence-corrected chi connectivity index (χ1v) is 8.20. The highest BCUT2D eigenvalue weighted by Crippen LogP contribution is 2.23. The first-order valence-electron chi connectivity index (χ1n) is 7.21. The maximum atomic E-state index is 13.7. The number of hydrogen-bond acceptors (Lipinski definition) is 3. The zero-order chi connectivity index (χ0) is 14.7. The number of hydrazone groups is 1. The fourth-order valence-electron chi connectivity index (χ4n) is 2.66. The van der Waals surface area contributed by atoms with Gasteiger partial charge in [0.2, 0.25) is 0 Å². The molecule has 1 N–H and O–H groups in total. The Bertz CT molecular complexity index is 560. The average Bonchev–Trinajstić information content (AvgIpc) is 2.50. The van der Waals surface area contributed by atoms with E-state index in [9.17, 15) is 8.78 Å². The summed E-state index contributed by atoms with van der Waals surface area (Å²) in [6.45, 7) is 0. The second-order valence-corrected chi connectivity index (χ2v) is 6.25. The Balaban J connectivity index is 1.73. The Morgan fingerprint density at radius 1 is 1.14 bits per heavy atom. The minimum absolute atomic E-state index is 0.0470. The van der Waals surface area contributed by atoms with Crippen molar-refractivity contribution in [3.63, 3.8) is 0 Å². The highest BCUT2D eigenvalue weighted by Gasteiger charge is 2.21. The highest BCUT2D eigenvalue weighted by molar-refractivity contribution is 8.14. The highest BCUT2D eigenvalue weighted by atomic mass is 32.2. The quantitative estimate of drug-likeness (QED) is 0.904. The molecule has 1 aliphatic heterocycles. The summed E-state index contributed by atoms with van der Waals surface area (Å²) in [5.74, 6) is -0.733. The Hall–Kier alpha value is -1.43. The molecule has 1 saturated carbocycles. The molecule has 6 heteroatoms. The lowest BCUT2D eigenvalue weighted by atomic mass is 9.96. The summed E-state index contributed by atoms with van der Waals surface area (Å²) in [6, 6.07) is 4.21. The van der Waals surface area contributed by atoms with Crippen molar-refractivity contribution in [2.75, 3.05) is 5.75 Å². The lowest BCUT2D eigenvalue weighted by Gasteiger charge is -2.21. The van der Waals surface area contributed by atoms with Crippen LogP contribution in [0.1, 0.15) is 37.7 Å². The van der Waals surface area contributed by atoms with E-state index in [1.807, 2.05) is 0 Å². The molecule has 0 unspecified atom stereocenters. The van der Waals surface area contributed by atoms with E-state index in [1.54, 1.807) is 0 Å². The first kappa shape index (κ1) is 14.5. The maximum absolute atomic E-state index is 13.7. The Morgan fingerprint density at radius 3 is 2.48 bits per heavy atom. The van der Waals surface area contributed by atoms with Crippen molar-refractivity contribution in [1.29, 1.82) is 0 Å². The number of benzene rings is 1. The third-order valence-corrected chi connectivity index (χ3v) is 4.65. The predicted octanol–water partition coefficient (Wildman–Crippen LogP) is 3.69. The van der Waals surface area contributed by atoms with Gasteiger partial charge >= 0.3 is 0 Å². The Kier molecular flexibility index (Phi) is 4.53. The zero-order valence-corrected chi connectivity index (χ0v) is 12.4. The van der Waals surface area contributed by atoms with Crippen LogP contribution in [0.15, 0.2) is 28.3 Å². The van der Waals surface area contributed by atoms with Crippen LogP contribution in [0.3, 0.4) is 0 Å². The monoisotopic (exact) mass is 309 g/mol. The summed E-state index contributed by atoms with van der Waals surface area (Å²) in [7, 11) is 0. The molecule has 0 amide bonds. The molecule has 1 fully saturated rings. The van der Waals surface area contributed by atoms with Crippen molar-refractivity contribution in [2.45, 2.75) is 38.1 Å². The molecule has 3 rings (SSSR count). The SMILES string of the molecule is Fc1cccc(F)c1C1=NNC(=NC2CCCCC2)SC1. The number of amidine groups is 1. The van der Waals surface area contributed by atoms with E-state index < -0.39 is 11.6 Å². The summed E-state index contributed by atoms with van der Waals surface area (Å²) >= 11 is 1.45. The van der Waals surface area contributed by atoms with Crippen LogP contribution in [0.4, 0.5) is 8.78 Å². The first-order chi connectivity index (χ1) is 10.2. The van der Waals surface area contributed by atoms with Crippen molar-refractivity contribution in [3.05, 3.63) is 35.4 Å². The van der Waals surface area contributed by atoms with Gasteiger partial charge in [-0.2, -0.15) is 5.10 Å². The smallest absolute Gasteiger partial charge is 0.177 e. The third-order valence-electron chi connectivity index (χ3n) is 3.76. The molecule has 1 aromatic rings. The van der Waals surface area contributed by atoms with E-state index in [-0.39, 0.29) is 5.56 Å². The molecule has 0 radical (unpaired) electrons. The predicted molar refractivity (Wildman–Crippen MR) is 82.8 cm³/mol. The zero-order valence-electron chi connectivity index (χ0n) is 11.6. The number of nitrogens with one attached hydrogen (secondary N) is 1. The van der Waals surface area contributed by atoms with Gasteiger partial charge in [0.15, 0.2) is 5.17 Å². The van der Waals surface area contributed by atoms with Gasteiger partial charge in [0.05, 0.1) is 17.3 Å². The van der Waals surface area contributed by atoms with Gasteiger partial charge in [0, 0.05) is 5.75 Å². The van der Waals surface area contributed by atoms with Crippen molar-refractivity contribution < 1.29 is 8.78 Å². The lowest BCUT2D eigenvalue weighted by molar-refractivity contribution is 0.443. The fourth-order valence-corrected chi connectivity index (χ4v) is 3.48. The molecule has 112 valence electrons. The largest absolute Gasteiger partial charge is 0.258 e. The number of hydrogen-bond donors (Lipinski definition) is 1. The number of nitrogens with zero attached hydrogens (tertiary/aromatic N) is 2. The molecular weight excluding hydrogens is 292 g/mol. The lowest BCUT2D eigenvalue weighted by Crippen LogP contribution is -2.28. The van der Waals surface area contributed by atoms with Gasteiger partial charge in [-0.1, -0.05) is 37.1 Å². The summed E-state index contributed by atoms with van der Waals surface area (Å²) in [4.78, 5) is 4.64. The molecule has 0 saturated heterocycles. The molecule has 21 heavy (non-hydrogen) atoms. The van der Waals surface area contributed by atoms with Crippen molar-refractivity contribution in [2.24, 2.45) is 10.1 Å². The van der Waals surface area contributed by atoms with Gasteiger partial charge in [0.25, 0.3) is 0 Å². The average molecular weight is 309 g/mol. The molecular formula is C15H17F2N3S. The maximum Gasteiger partial charge on any atom is 0.177 e. The molecule has 0 bridgehead atoms. The number of rotatable bonds is 2. The number of thioether (sulfide) groups is 1. The van der Waals surface area contributed by atoms with Crippen LogP contribution >= 0.6 is 11.8 Å². The minimum Gasteiger partial charge on any atom is -0.258 e. The fraction of sp³-hybridized carbons (Fsp3) is 0.467. The standard InChI is InChI=1S/C15H17F2N3S/c16-11-7-4-8-12(17)14(11)13-9-21-15(20-19-13)18-10-5-2-1-3-6-10/h4,7-8,10H,1-3,5-6,9H2,(H,18,20). The van der Waals surface area contributed by atoms with E-state index in [4.69, 9.17) is 0 Å². The molecule has 3 nitrogen and oxygen atoms in total. The van der Waals surface area contributed by atoms with Crippen LogP contribution in [-0.4, -0.2) is 22.7 Å². The van der Waals surface area contributed by atoms with Crippen LogP contribution in [-0.2, 0) is 0 Å². The van der Waals surface area contributed by atoms with Gasteiger partial charge in [-0.25, -0.2) is 8.78 Å². The minimum atomic E-state index is -0.580. The third kappa shape index (κ3) is 3.43. The van der Waals surface area contributed by atoms with Gasteiger partial charge in [-0.05, 0) is 25.0 Å².